The molecule has 124 heavy (non-hydrogen) atoms. The molecule has 17 nitrogen and oxygen atoms in total. The molecule has 8 aromatic carbocycles. The van der Waals surface area contributed by atoms with Crippen LogP contribution in [0.25, 0.3) is 77.5 Å². The fourth-order valence-electron chi connectivity index (χ4n) is 25.3. The molecular weight excluding hydrogens is 1570 g/mol. The maximum atomic E-state index is 13.8. The van der Waals surface area contributed by atoms with Crippen LogP contribution in [0.5, 0.6) is 0 Å². The monoisotopic (exact) mass is 1660 g/mol. The number of nitrogens with zero attached hydrogens (tertiary/aromatic N) is 8. The number of ether oxygens (including phenoxy) is 2. The highest BCUT2D eigenvalue weighted by Gasteiger charge is 2.77. The Kier molecular flexibility index (Phi) is 17.0. The molecular formula is C103H92F4N8O9. The summed E-state index contributed by atoms with van der Waals surface area (Å²) >= 11 is 0. The van der Waals surface area contributed by atoms with E-state index in [-0.39, 0.29) is 62.2 Å². The summed E-state index contributed by atoms with van der Waals surface area (Å²) in [4.78, 5) is 65.5. The number of aliphatic imine (C=N–C) groups is 4. The van der Waals surface area contributed by atoms with E-state index in [9.17, 15) is 52.1 Å². The molecule has 0 radical (unpaired) electrons. The van der Waals surface area contributed by atoms with Crippen molar-refractivity contribution < 1.29 is 61.5 Å². The third kappa shape index (κ3) is 11.1. The Morgan fingerprint density at radius 2 is 0.694 bits per heavy atom. The number of fused-ring (bicyclic) bond motifs is 8. The predicted molar refractivity (Wildman–Crippen MR) is 471 cm³/mol. The number of benzene rings is 8. The molecule has 13 fully saturated rings. The zero-order valence-electron chi connectivity index (χ0n) is 69.8. The number of allylic oxidation sites excluding steroid dienone is 2. The van der Waals surface area contributed by atoms with E-state index in [0.717, 1.165) is 140 Å². The van der Waals surface area contributed by atoms with Crippen LogP contribution in [0.3, 0.4) is 0 Å². The average molecular weight is 1660 g/mol. The molecule has 1 saturated heterocycles. The van der Waals surface area contributed by atoms with Gasteiger partial charge in [0, 0.05) is 121 Å². The van der Waals surface area contributed by atoms with Crippen LogP contribution in [0.2, 0.25) is 0 Å². The van der Waals surface area contributed by atoms with Crippen molar-refractivity contribution >= 4 is 103 Å². The van der Waals surface area contributed by atoms with Crippen molar-refractivity contribution in [2.24, 2.45) is 41.6 Å². The number of halogens is 4. The second-order valence-electron chi connectivity index (χ2n) is 38.7. The zero-order chi connectivity index (χ0) is 85.6. The van der Waals surface area contributed by atoms with Gasteiger partial charge in [-0.15, -0.1) is 0 Å². The molecule has 29 rings (SSSR count). The Morgan fingerprint density at radius 3 is 1.02 bits per heavy atom. The standard InChI is InChI=1S/C27H25FN2O3.C26H23FN2O2.C25H23FN2O2.C25H21FN2O2/c28-19-1-3-20(4-2-19)30-22-10-18-12-29-11-17(18)9-21(22)23(24(30)16-5-7-33-8-6-16)26-13-27(14-26,15-26)25(31)32;1-15(2)23-22(25-12-26(13-25,14-25)24(30)31-3)20-8-16-10-28-11-17(16)9-21(20)29(23)19-6-4-18(27)5-7-19;2*1-14(2)22-21(24-11-25(12-24,13-24)23(29)30)19-7-15-9-27-10-16(15)8-20(19)28(22)18-5-3-17(26)4-6-18/h1-4,9-10,12,16H,5-8,11,13-15H2,(H,31,32);4-9,11H,1,10,12-14H2,2-3H3;3-8,10,14H,9,11-13H2,1-2H3,(H,29,30);3-8,10H,1,9,11-13H2,2H3,(H,29,30). The largest absolute Gasteiger partial charge is 0.481 e. The molecule has 8 bridgehead atoms. The summed E-state index contributed by atoms with van der Waals surface area (Å²) in [7, 11) is 1.47. The summed E-state index contributed by atoms with van der Waals surface area (Å²) in [5.41, 5.74) is 26.6. The van der Waals surface area contributed by atoms with Gasteiger partial charge in [0.15, 0.2) is 0 Å². The van der Waals surface area contributed by atoms with Gasteiger partial charge < -0.3 is 43.1 Å². The van der Waals surface area contributed by atoms with Crippen molar-refractivity contribution in [3.05, 3.63) is 272 Å². The minimum atomic E-state index is -0.683. The first-order valence-electron chi connectivity index (χ1n) is 43.1. The van der Waals surface area contributed by atoms with Crippen LogP contribution in [-0.4, -0.2) is 103 Å². The minimum Gasteiger partial charge on any atom is -0.481 e. The molecule has 21 heteroatoms. The number of methoxy groups -OCH3 is 1. The first-order chi connectivity index (χ1) is 59.5. The molecule has 5 aliphatic heterocycles. The third-order valence-corrected chi connectivity index (χ3v) is 30.5. The first kappa shape index (κ1) is 77.7. The highest BCUT2D eigenvalue weighted by atomic mass is 19.1. The highest BCUT2D eigenvalue weighted by molar-refractivity contribution is 6.04. The Hall–Kier alpha value is -12.4. The van der Waals surface area contributed by atoms with E-state index in [1.165, 1.54) is 128 Å². The molecule has 0 spiro atoms. The molecule has 0 amide bonds. The van der Waals surface area contributed by atoms with Crippen LogP contribution < -0.4 is 0 Å². The number of carboxylic acids is 3. The number of aliphatic carboxylic acids is 3. The normalized spacial score (nSPS) is 26.2. The summed E-state index contributed by atoms with van der Waals surface area (Å²) in [6, 6.07) is 44.3. The van der Waals surface area contributed by atoms with Crippen molar-refractivity contribution in [2.45, 2.75) is 177 Å². The van der Waals surface area contributed by atoms with Crippen molar-refractivity contribution in [1.82, 2.24) is 18.3 Å². The van der Waals surface area contributed by atoms with E-state index < -0.39 is 34.2 Å². The highest BCUT2D eigenvalue weighted by Crippen LogP contribution is 2.79. The zero-order valence-corrected chi connectivity index (χ0v) is 69.8. The van der Waals surface area contributed by atoms with E-state index in [1.54, 1.807) is 12.1 Å². The molecule has 3 N–H and O–H groups in total. The Bertz CT molecular complexity index is 6820. The second-order valence-corrected chi connectivity index (χ2v) is 38.7. The predicted octanol–water partition coefficient (Wildman–Crippen LogP) is 21.0. The summed E-state index contributed by atoms with van der Waals surface area (Å²) in [5, 5.41) is 33.8. The van der Waals surface area contributed by atoms with Gasteiger partial charge in [0.1, 0.15) is 23.3 Å². The number of carbonyl (C=O) groups excluding carboxylic acids is 1. The lowest BCUT2D eigenvalue weighted by Gasteiger charge is -2.69. The summed E-state index contributed by atoms with van der Waals surface area (Å²) < 4.78 is 74.5. The third-order valence-electron chi connectivity index (χ3n) is 30.5. The van der Waals surface area contributed by atoms with Crippen LogP contribution in [-0.2, 0) is 76.5 Å². The van der Waals surface area contributed by atoms with Gasteiger partial charge in [0.05, 0.1) is 88.4 Å². The van der Waals surface area contributed by atoms with Crippen LogP contribution in [0, 0.1) is 44.9 Å². The molecule has 4 aromatic heterocycles. The quantitative estimate of drug-likeness (QED) is 0.0618. The van der Waals surface area contributed by atoms with E-state index >= 15 is 0 Å². The van der Waals surface area contributed by atoms with Gasteiger partial charge in [0.25, 0.3) is 0 Å². The van der Waals surface area contributed by atoms with Gasteiger partial charge >= 0.3 is 23.9 Å². The number of rotatable bonds is 16. The summed E-state index contributed by atoms with van der Waals surface area (Å²) in [6.45, 7) is 21.1. The molecule has 626 valence electrons. The molecule has 12 aliphatic carbocycles. The fraction of sp³-hybridized carbons (Fsp3) is 0.340. The van der Waals surface area contributed by atoms with Crippen LogP contribution in [0.15, 0.2) is 179 Å². The molecule has 9 heterocycles. The van der Waals surface area contributed by atoms with Gasteiger partial charge in [-0.1, -0.05) is 27.0 Å². The van der Waals surface area contributed by atoms with Crippen LogP contribution in [0.4, 0.5) is 17.6 Å². The van der Waals surface area contributed by atoms with E-state index in [1.807, 2.05) is 75.1 Å². The van der Waals surface area contributed by atoms with E-state index in [2.05, 4.69) is 114 Å². The molecule has 0 atom stereocenters. The molecule has 17 aliphatic rings. The van der Waals surface area contributed by atoms with Crippen molar-refractivity contribution in [3.63, 3.8) is 0 Å². The van der Waals surface area contributed by atoms with Crippen LogP contribution >= 0.6 is 0 Å². The SMILES string of the molecule is C=C(C)c1c(C23CC(C(=O)O)(C2)C3)c2cc3c(cc2n1-c1ccc(F)cc1)C=NC3.C=C(C)c1c(C23CC(C(=O)OC)(C2)C3)c2cc3c(cc2n1-c1ccc(F)cc1)C=NC3.CC(C)c1c(C23CC(C(=O)O)(C2)C3)c2cc3c(cc2n1-c1ccc(F)cc1)C=NC3.O=C(O)C12CC(c3c(C4CCOCC4)n(-c4ccc(F)cc4)c4cc5c(cc34)CN=C5)(C1)C2. The topological polar surface area (TPSA) is 217 Å². The lowest BCUT2D eigenvalue weighted by molar-refractivity contribution is -0.197. The smallest absolute Gasteiger partial charge is 0.311 e. The number of carboxylic acid groups (broad SMARTS) is 3. The summed E-state index contributed by atoms with van der Waals surface area (Å²) in [5.74, 6) is -2.56. The number of aromatic nitrogens is 4. The van der Waals surface area contributed by atoms with Crippen LogP contribution in [0.1, 0.15) is 219 Å². The lowest BCUT2D eigenvalue weighted by atomic mass is 9.33. The maximum Gasteiger partial charge on any atom is 0.311 e. The lowest BCUT2D eigenvalue weighted by Crippen LogP contribution is -2.68. The van der Waals surface area contributed by atoms with Gasteiger partial charge in [-0.25, -0.2) is 17.6 Å². The number of carbonyl (C=O) groups is 4. The van der Waals surface area contributed by atoms with Gasteiger partial charge in [-0.05, 0) is 333 Å². The van der Waals surface area contributed by atoms with Gasteiger partial charge in [-0.2, -0.15) is 0 Å². The Labute approximate surface area is 712 Å². The number of hydrogen-bond donors (Lipinski definition) is 3. The average Bonchev–Trinajstić information content (AvgIpc) is 1.28. The Balaban J connectivity index is 0.0000000984. The number of hydrogen-bond acceptors (Lipinski definition) is 10. The maximum absolute atomic E-state index is 13.8. The van der Waals surface area contributed by atoms with E-state index in [0.29, 0.717) is 89.9 Å². The van der Waals surface area contributed by atoms with Crippen molar-refractivity contribution in [2.75, 3.05) is 20.3 Å². The first-order valence-corrected chi connectivity index (χ1v) is 43.1. The second kappa shape index (κ2) is 27.1. The summed E-state index contributed by atoms with van der Waals surface area (Å²) in [6.07, 6.45) is 18.3. The number of esters is 1. The van der Waals surface area contributed by atoms with Gasteiger partial charge in [-0.3, -0.25) is 39.1 Å². The fourth-order valence-corrected chi connectivity index (χ4v) is 25.3. The van der Waals surface area contributed by atoms with Crippen molar-refractivity contribution in [1.29, 1.82) is 0 Å². The Morgan fingerprint density at radius 1 is 0.411 bits per heavy atom. The van der Waals surface area contributed by atoms with Gasteiger partial charge in [0.2, 0.25) is 0 Å². The molecule has 12 saturated carbocycles. The van der Waals surface area contributed by atoms with Crippen molar-refractivity contribution in [3.8, 4) is 22.7 Å². The molecule has 0 unspecified atom stereocenters. The minimum absolute atomic E-state index is 0.0420. The molecule has 12 aromatic rings. The van der Waals surface area contributed by atoms with E-state index in [4.69, 9.17) is 9.47 Å².